The number of carbonyl (C=O) groups excluding carboxylic acids is 1. The monoisotopic (exact) mass is 401 g/mol. The molecule has 0 bridgehead atoms. The standard InChI is InChI=1S/C19H24FN7O2/c1-11(2)26-14-5-16(27-17-12(7-25-27)6-21-10-24-17)22-8-13(14)18(28)23-9-15(20)19(3,4)29/h5-8,10-11,15,29H,9H2,1-4H3,(H,22,26)(H,23,28). The van der Waals surface area contributed by atoms with Crippen molar-refractivity contribution in [3.05, 3.63) is 36.5 Å². The van der Waals surface area contributed by atoms with Crippen LogP contribution in [0.1, 0.15) is 38.1 Å². The number of anilines is 1. The topological polar surface area (TPSA) is 118 Å². The van der Waals surface area contributed by atoms with Crippen molar-refractivity contribution < 1.29 is 14.3 Å². The number of hydrogen-bond donors (Lipinski definition) is 3. The molecule has 1 unspecified atom stereocenters. The number of alkyl halides is 1. The van der Waals surface area contributed by atoms with E-state index in [4.69, 9.17) is 0 Å². The molecular weight excluding hydrogens is 377 g/mol. The summed E-state index contributed by atoms with van der Waals surface area (Å²) < 4.78 is 15.5. The van der Waals surface area contributed by atoms with E-state index in [9.17, 15) is 14.3 Å². The summed E-state index contributed by atoms with van der Waals surface area (Å²) in [5, 5.41) is 20.5. The fourth-order valence-corrected chi connectivity index (χ4v) is 2.64. The molecule has 1 amide bonds. The fourth-order valence-electron chi connectivity index (χ4n) is 2.64. The number of fused-ring (bicyclic) bond motifs is 1. The van der Waals surface area contributed by atoms with Crippen LogP contribution in [0.4, 0.5) is 10.1 Å². The summed E-state index contributed by atoms with van der Waals surface area (Å²) in [4.78, 5) is 25.1. The zero-order chi connectivity index (χ0) is 21.2. The lowest BCUT2D eigenvalue weighted by molar-refractivity contribution is -0.00177. The molecule has 10 heteroatoms. The summed E-state index contributed by atoms with van der Waals surface area (Å²) in [6, 6.07) is 1.73. The van der Waals surface area contributed by atoms with Crippen LogP contribution in [0.15, 0.2) is 31.0 Å². The van der Waals surface area contributed by atoms with Crippen LogP contribution < -0.4 is 10.6 Å². The maximum atomic E-state index is 14.0. The smallest absolute Gasteiger partial charge is 0.255 e. The second-order valence-corrected chi connectivity index (χ2v) is 7.58. The van der Waals surface area contributed by atoms with Gasteiger partial charge in [-0.15, -0.1) is 0 Å². The zero-order valence-electron chi connectivity index (χ0n) is 16.7. The lowest BCUT2D eigenvalue weighted by atomic mass is 10.0. The summed E-state index contributed by atoms with van der Waals surface area (Å²) in [6.07, 6.45) is 4.50. The molecule has 0 fully saturated rings. The van der Waals surface area contributed by atoms with Crippen molar-refractivity contribution in [3.63, 3.8) is 0 Å². The molecule has 3 rings (SSSR count). The molecule has 3 heterocycles. The lowest BCUT2D eigenvalue weighted by Gasteiger charge is -2.23. The van der Waals surface area contributed by atoms with Gasteiger partial charge in [-0.25, -0.2) is 19.3 Å². The molecule has 3 N–H and O–H groups in total. The number of amides is 1. The van der Waals surface area contributed by atoms with Crippen LogP contribution in [0, 0.1) is 0 Å². The van der Waals surface area contributed by atoms with Crippen molar-refractivity contribution in [2.45, 2.75) is 45.5 Å². The number of nitrogens with zero attached hydrogens (tertiary/aromatic N) is 5. The number of aliphatic hydroxyl groups is 1. The predicted octanol–water partition coefficient (Wildman–Crippen LogP) is 1.87. The highest BCUT2D eigenvalue weighted by Crippen LogP contribution is 2.21. The first-order valence-electron chi connectivity index (χ1n) is 9.22. The third kappa shape index (κ3) is 4.65. The van der Waals surface area contributed by atoms with E-state index in [1.54, 1.807) is 23.1 Å². The fraction of sp³-hybridized carbons (Fsp3) is 0.421. The molecule has 0 aliphatic heterocycles. The van der Waals surface area contributed by atoms with Gasteiger partial charge in [0.05, 0.1) is 35.0 Å². The van der Waals surface area contributed by atoms with Crippen LogP contribution >= 0.6 is 0 Å². The Labute approximate surface area is 167 Å². The van der Waals surface area contributed by atoms with E-state index in [0.29, 0.717) is 17.2 Å². The van der Waals surface area contributed by atoms with Crippen LogP contribution in [0.5, 0.6) is 0 Å². The Bertz CT molecular complexity index is 1010. The first-order chi connectivity index (χ1) is 13.7. The van der Waals surface area contributed by atoms with Gasteiger partial charge in [-0.1, -0.05) is 0 Å². The van der Waals surface area contributed by atoms with Crippen LogP contribution in [-0.4, -0.2) is 60.1 Å². The van der Waals surface area contributed by atoms with Crippen LogP contribution in [0.3, 0.4) is 0 Å². The van der Waals surface area contributed by atoms with Crippen molar-refractivity contribution in [1.82, 2.24) is 30.0 Å². The molecular formula is C19H24FN7O2. The highest BCUT2D eigenvalue weighted by Gasteiger charge is 2.27. The minimum Gasteiger partial charge on any atom is -0.387 e. The summed E-state index contributed by atoms with van der Waals surface area (Å²) in [5.74, 6) is -0.0231. The molecule has 0 radical (unpaired) electrons. The van der Waals surface area contributed by atoms with E-state index < -0.39 is 17.7 Å². The molecule has 0 aliphatic rings. The Hall–Kier alpha value is -3.14. The predicted molar refractivity (Wildman–Crippen MR) is 107 cm³/mol. The molecule has 0 saturated heterocycles. The largest absolute Gasteiger partial charge is 0.387 e. The number of pyridine rings is 1. The number of rotatable bonds is 7. The quantitative estimate of drug-likeness (QED) is 0.553. The number of halogens is 1. The maximum absolute atomic E-state index is 14.0. The van der Waals surface area contributed by atoms with Gasteiger partial charge in [0.2, 0.25) is 0 Å². The van der Waals surface area contributed by atoms with Gasteiger partial charge < -0.3 is 15.7 Å². The van der Waals surface area contributed by atoms with Crippen LogP contribution in [0.2, 0.25) is 0 Å². The average Bonchev–Trinajstić information content (AvgIpc) is 3.08. The molecule has 3 aromatic heterocycles. The summed E-state index contributed by atoms with van der Waals surface area (Å²) in [5.41, 5.74) is -0.168. The molecule has 29 heavy (non-hydrogen) atoms. The zero-order valence-corrected chi connectivity index (χ0v) is 16.7. The highest BCUT2D eigenvalue weighted by molar-refractivity contribution is 5.99. The maximum Gasteiger partial charge on any atom is 0.255 e. The van der Waals surface area contributed by atoms with E-state index in [1.165, 1.54) is 26.4 Å². The Morgan fingerprint density at radius 1 is 1.28 bits per heavy atom. The van der Waals surface area contributed by atoms with Crippen LogP contribution in [0.25, 0.3) is 16.9 Å². The van der Waals surface area contributed by atoms with Gasteiger partial charge in [0, 0.05) is 24.5 Å². The third-order valence-electron chi connectivity index (χ3n) is 4.24. The van der Waals surface area contributed by atoms with Gasteiger partial charge in [-0.3, -0.25) is 4.79 Å². The first-order valence-corrected chi connectivity index (χ1v) is 9.22. The average molecular weight is 401 g/mol. The van der Waals surface area contributed by atoms with Gasteiger partial charge in [-0.05, 0) is 27.7 Å². The van der Waals surface area contributed by atoms with E-state index in [2.05, 4.69) is 30.7 Å². The molecule has 1 atom stereocenters. The van der Waals surface area contributed by atoms with E-state index in [-0.39, 0.29) is 18.2 Å². The van der Waals surface area contributed by atoms with Crippen molar-refractivity contribution in [2.24, 2.45) is 0 Å². The van der Waals surface area contributed by atoms with E-state index in [0.717, 1.165) is 5.39 Å². The first kappa shape index (κ1) is 20.6. The lowest BCUT2D eigenvalue weighted by Crippen LogP contribution is -2.42. The van der Waals surface area contributed by atoms with Gasteiger partial charge in [0.1, 0.15) is 12.5 Å². The Morgan fingerprint density at radius 3 is 2.72 bits per heavy atom. The SMILES string of the molecule is CC(C)Nc1cc(-n2ncc3cncnc32)ncc1C(=O)NCC(F)C(C)(C)O. The Morgan fingerprint density at radius 2 is 2.03 bits per heavy atom. The summed E-state index contributed by atoms with van der Waals surface area (Å²) in [7, 11) is 0. The molecule has 154 valence electrons. The van der Waals surface area contributed by atoms with E-state index in [1.807, 2.05) is 13.8 Å². The van der Waals surface area contributed by atoms with Gasteiger partial charge >= 0.3 is 0 Å². The number of aromatic nitrogens is 5. The molecule has 0 spiro atoms. The third-order valence-corrected chi connectivity index (χ3v) is 4.24. The second-order valence-electron chi connectivity index (χ2n) is 7.58. The minimum absolute atomic E-state index is 0.0405. The van der Waals surface area contributed by atoms with Gasteiger partial charge in [0.15, 0.2) is 11.5 Å². The van der Waals surface area contributed by atoms with Gasteiger partial charge in [0.25, 0.3) is 5.91 Å². The Balaban J connectivity index is 1.91. The minimum atomic E-state index is -1.60. The normalized spacial score (nSPS) is 12.9. The molecule has 3 aromatic rings. The van der Waals surface area contributed by atoms with Crippen molar-refractivity contribution in [2.75, 3.05) is 11.9 Å². The van der Waals surface area contributed by atoms with E-state index >= 15 is 0 Å². The molecule has 9 nitrogen and oxygen atoms in total. The highest BCUT2D eigenvalue weighted by atomic mass is 19.1. The Kier molecular flexibility index (Phi) is 5.73. The molecule has 0 aliphatic carbocycles. The van der Waals surface area contributed by atoms with Crippen molar-refractivity contribution in [3.8, 4) is 5.82 Å². The van der Waals surface area contributed by atoms with Crippen molar-refractivity contribution >= 4 is 22.6 Å². The summed E-state index contributed by atoms with van der Waals surface area (Å²) >= 11 is 0. The number of nitrogens with one attached hydrogen (secondary N) is 2. The summed E-state index contributed by atoms with van der Waals surface area (Å²) in [6.45, 7) is 6.26. The molecule has 0 saturated carbocycles. The van der Waals surface area contributed by atoms with Gasteiger partial charge in [-0.2, -0.15) is 9.78 Å². The number of hydrogen-bond acceptors (Lipinski definition) is 7. The second kappa shape index (κ2) is 8.08. The number of carbonyl (C=O) groups is 1. The van der Waals surface area contributed by atoms with Crippen LogP contribution in [-0.2, 0) is 0 Å². The molecule has 0 aromatic carbocycles. The van der Waals surface area contributed by atoms with Crippen molar-refractivity contribution in [1.29, 1.82) is 0 Å².